The Bertz CT molecular complexity index is 3830. The van der Waals surface area contributed by atoms with Crippen LogP contribution in [0.5, 0.6) is 0 Å². The molecular weight excluding hydrogens is 773 g/mol. The van der Waals surface area contributed by atoms with Gasteiger partial charge in [-0.1, -0.05) is 146 Å². The van der Waals surface area contributed by atoms with E-state index in [4.69, 9.17) is 4.42 Å². The molecule has 290 valence electrons. The maximum Gasteiger partial charge on any atom is 0.143 e. The lowest BCUT2D eigenvalue weighted by molar-refractivity contribution is 0.673. The van der Waals surface area contributed by atoms with Gasteiger partial charge in [-0.25, -0.2) is 0 Å². The first-order chi connectivity index (χ1) is 30.7. The summed E-state index contributed by atoms with van der Waals surface area (Å²) in [6, 6.07) is 79.2. The lowest BCUT2D eigenvalue weighted by Crippen LogP contribution is -2.10. The minimum atomic E-state index is 0.888. The van der Waals surface area contributed by atoms with Crippen molar-refractivity contribution >= 4 is 103 Å². The summed E-state index contributed by atoms with van der Waals surface area (Å²) in [4.78, 5) is 2.39. The lowest BCUT2D eigenvalue weighted by Gasteiger charge is -2.27. The Morgan fingerprint density at radius 3 is 1.87 bits per heavy atom. The first-order valence-electron chi connectivity index (χ1n) is 21.1. The Hall–Kier alpha value is -7.92. The number of furan rings is 1. The highest BCUT2D eigenvalue weighted by Gasteiger charge is 2.20. The normalized spacial score (nSPS) is 11.9. The third-order valence-corrected chi connectivity index (χ3v) is 13.8. The third-order valence-electron chi connectivity index (χ3n) is 12.6. The van der Waals surface area contributed by atoms with E-state index in [1.165, 1.54) is 58.5 Å². The number of anilines is 3. The van der Waals surface area contributed by atoms with E-state index >= 15 is 0 Å². The van der Waals surface area contributed by atoms with E-state index in [1.807, 2.05) is 11.3 Å². The molecule has 10 aromatic carbocycles. The first kappa shape index (κ1) is 34.9. The van der Waals surface area contributed by atoms with Crippen molar-refractivity contribution in [3.63, 3.8) is 0 Å². The molecule has 3 nitrogen and oxygen atoms in total. The van der Waals surface area contributed by atoms with Crippen LogP contribution >= 0.6 is 11.3 Å². The molecule has 0 spiro atoms. The van der Waals surface area contributed by atoms with Gasteiger partial charge in [0.05, 0.1) is 11.0 Å². The highest BCUT2D eigenvalue weighted by atomic mass is 32.1. The molecule has 0 bridgehead atoms. The largest absolute Gasteiger partial charge is 0.455 e. The summed E-state index contributed by atoms with van der Waals surface area (Å²) in [6.45, 7) is 0. The summed E-state index contributed by atoms with van der Waals surface area (Å²) >= 11 is 1.87. The molecular formula is C58H36N2OS. The number of hydrogen-bond donors (Lipinski definition) is 0. The minimum Gasteiger partial charge on any atom is -0.455 e. The molecule has 3 aromatic heterocycles. The highest BCUT2D eigenvalue weighted by Crippen LogP contribution is 2.44. The average molecular weight is 809 g/mol. The molecule has 0 aliphatic carbocycles. The van der Waals surface area contributed by atoms with Gasteiger partial charge >= 0.3 is 0 Å². The van der Waals surface area contributed by atoms with Gasteiger partial charge in [0.1, 0.15) is 11.2 Å². The fourth-order valence-corrected chi connectivity index (χ4v) is 11.0. The zero-order valence-corrected chi connectivity index (χ0v) is 34.3. The number of benzene rings is 10. The van der Waals surface area contributed by atoms with Crippen molar-refractivity contribution in [2.24, 2.45) is 0 Å². The molecule has 62 heavy (non-hydrogen) atoms. The van der Waals surface area contributed by atoms with Crippen LogP contribution in [0.4, 0.5) is 17.1 Å². The van der Waals surface area contributed by atoms with Crippen LogP contribution in [0.2, 0.25) is 0 Å². The van der Waals surface area contributed by atoms with Crippen LogP contribution in [0, 0.1) is 0 Å². The van der Waals surface area contributed by atoms with Crippen molar-refractivity contribution in [3.05, 3.63) is 218 Å². The highest BCUT2D eigenvalue weighted by molar-refractivity contribution is 7.26. The van der Waals surface area contributed by atoms with Crippen LogP contribution in [0.15, 0.2) is 223 Å². The van der Waals surface area contributed by atoms with Gasteiger partial charge in [0.25, 0.3) is 0 Å². The van der Waals surface area contributed by atoms with Gasteiger partial charge in [-0.2, -0.15) is 0 Å². The second kappa shape index (κ2) is 13.8. The fourth-order valence-electron chi connectivity index (χ4n) is 9.79. The van der Waals surface area contributed by atoms with Crippen LogP contribution in [0.25, 0.3) is 103 Å². The van der Waals surface area contributed by atoms with Crippen molar-refractivity contribution in [1.29, 1.82) is 0 Å². The Labute approximate surface area is 361 Å². The Balaban J connectivity index is 0.991. The monoisotopic (exact) mass is 808 g/mol. The van der Waals surface area contributed by atoms with Gasteiger partial charge in [0.2, 0.25) is 0 Å². The summed E-state index contributed by atoms with van der Waals surface area (Å²) in [5.41, 5.74) is 13.2. The molecule has 0 radical (unpaired) electrons. The Kier molecular flexibility index (Phi) is 7.78. The number of rotatable bonds is 6. The van der Waals surface area contributed by atoms with Crippen LogP contribution < -0.4 is 4.90 Å². The molecule has 13 rings (SSSR count). The van der Waals surface area contributed by atoms with Gasteiger partial charge < -0.3 is 13.9 Å². The van der Waals surface area contributed by atoms with Gasteiger partial charge in [0, 0.05) is 69.9 Å². The topological polar surface area (TPSA) is 21.3 Å². The number of hydrogen-bond acceptors (Lipinski definition) is 3. The van der Waals surface area contributed by atoms with Crippen LogP contribution in [-0.2, 0) is 0 Å². The third kappa shape index (κ3) is 5.37. The van der Waals surface area contributed by atoms with Crippen molar-refractivity contribution in [1.82, 2.24) is 4.57 Å². The zero-order valence-electron chi connectivity index (χ0n) is 33.5. The van der Waals surface area contributed by atoms with Crippen molar-refractivity contribution < 1.29 is 4.42 Å². The van der Waals surface area contributed by atoms with Crippen LogP contribution in [0.1, 0.15) is 0 Å². The molecule has 0 N–H and O–H groups in total. The van der Waals surface area contributed by atoms with Gasteiger partial charge in [-0.15, -0.1) is 11.3 Å². The number of thiophene rings is 1. The van der Waals surface area contributed by atoms with Gasteiger partial charge in [-0.3, -0.25) is 0 Å². The van der Waals surface area contributed by atoms with E-state index in [1.54, 1.807) is 0 Å². The van der Waals surface area contributed by atoms with Crippen LogP contribution in [-0.4, -0.2) is 4.57 Å². The van der Waals surface area contributed by atoms with Crippen molar-refractivity contribution in [3.8, 4) is 27.9 Å². The SMILES string of the molecule is c1cc(-c2cccc3oc4c5ccccc5ccc4c23)cc(N(c2ccc(-c3cccc4c3sc3ccccc34)cc2)c2cccc(-n3c4ccccc4c4ccccc43)c2)c1. The van der Waals surface area contributed by atoms with Gasteiger partial charge in [-0.05, 0) is 100 Å². The quantitative estimate of drug-likeness (QED) is 0.167. The Morgan fingerprint density at radius 2 is 1.05 bits per heavy atom. The Morgan fingerprint density at radius 1 is 0.403 bits per heavy atom. The summed E-state index contributed by atoms with van der Waals surface area (Å²) in [6.07, 6.45) is 0. The number of aromatic nitrogens is 1. The number of fused-ring (bicyclic) bond motifs is 11. The molecule has 0 fully saturated rings. The predicted octanol–water partition coefficient (Wildman–Crippen LogP) is 17.0. The first-order valence-corrected chi connectivity index (χ1v) is 21.9. The molecule has 0 aliphatic heterocycles. The molecule has 3 heterocycles. The van der Waals surface area contributed by atoms with E-state index in [0.717, 1.165) is 61.2 Å². The summed E-state index contributed by atoms with van der Waals surface area (Å²) in [5, 5.41) is 9.67. The molecule has 4 heteroatoms. The van der Waals surface area contributed by atoms with E-state index in [9.17, 15) is 0 Å². The summed E-state index contributed by atoms with van der Waals surface area (Å²) in [5.74, 6) is 0. The molecule has 0 amide bonds. The van der Waals surface area contributed by atoms with E-state index in [0.29, 0.717) is 0 Å². The van der Waals surface area contributed by atoms with E-state index in [2.05, 4.69) is 228 Å². The maximum atomic E-state index is 6.63. The predicted molar refractivity (Wildman–Crippen MR) is 264 cm³/mol. The summed E-state index contributed by atoms with van der Waals surface area (Å²) in [7, 11) is 0. The fraction of sp³-hybridized carbons (Fsp3) is 0. The average Bonchev–Trinajstić information content (AvgIpc) is 4.02. The van der Waals surface area contributed by atoms with Crippen molar-refractivity contribution in [2.45, 2.75) is 0 Å². The van der Waals surface area contributed by atoms with E-state index < -0.39 is 0 Å². The van der Waals surface area contributed by atoms with Gasteiger partial charge in [0.15, 0.2) is 0 Å². The lowest BCUT2D eigenvalue weighted by atomic mass is 9.97. The molecule has 13 aromatic rings. The molecule has 0 atom stereocenters. The number of nitrogens with zero attached hydrogens (tertiary/aromatic N) is 2. The number of para-hydroxylation sites is 2. The summed E-state index contributed by atoms with van der Waals surface area (Å²) < 4.78 is 11.7. The molecule has 0 saturated carbocycles. The zero-order chi connectivity index (χ0) is 40.7. The van der Waals surface area contributed by atoms with Crippen molar-refractivity contribution in [2.75, 3.05) is 4.90 Å². The standard InChI is InChI=1S/C58H36N2OS/c1-2-18-45-37(13-1)31-34-51-56-44(22-12-27-54(56)61-57(45)51)39-14-9-15-41(35-39)59(40-32-29-38(30-33-40)46-23-11-24-50-49-21-5-8-28-55(49)62-58(46)50)42-16-10-17-43(36-42)60-52-25-6-3-19-47(52)48-20-4-7-26-53(48)60/h1-36H. The minimum absolute atomic E-state index is 0.888. The second-order valence-corrected chi connectivity index (χ2v) is 17.1. The van der Waals surface area contributed by atoms with E-state index in [-0.39, 0.29) is 0 Å². The molecule has 0 aliphatic rings. The second-order valence-electron chi connectivity index (χ2n) is 16.0. The smallest absolute Gasteiger partial charge is 0.143 e. The maximum absolute atomic E-state index is 6.63. The molecule has 0 unspecified atom stereocenters. The van der Waals surface area contributed by atoms with Crippen LogP contribution in [0.3, 0.4) is 0 Å². The molecule has 0 saturated heterocycles.